The molecule has 6 heteroatoms. The minimum Gasteiger partial charge on any atom is -0.508 e. The average molecular weight is 282 g/mol. The molecule has 1 N–H and O–H groups in total. The van der Waals surface area contributed by atoms with Crippen LogP contribution in [-0.4, -0.2) is 17.8 Å². The first kappa shape index (κ1) is 13.9. The molecule has 0 aromatic heterocycles. The van der Waals surface area contributed by atoms with Crippen molar-refractivity contribution in [2.45, 2.75) is 6.36 Å². The molecule has 0 spiro atoms. The normalized spacial score (nSPS) is 11.2. The Hall–Kier alpha value is -2.50. The fourth-order valence-corrected chi connectivity index (χ4v) is 1.79. The SMILES string of the molecule is O=Cc1ccccc1-c1cc(O)cc(OC(F)(F)F)c1. The van der Waals surface area contributed by atoms with E-state index in [1.807, 2.05) is 0 Å². The van der Waals surface area contributed by atoms with Crippen molar-refractivity contribution in [2.24, 2.45) is 0 Å². The number of alkyl halides is 3. The van der Waals surface area contributed by atoms with Crippen LogP contribution in [0.2, 0.25) is 0 Å². The first-order valence-electron chi connectivity index (χ1n) is 5.53. The lowest BCUT2D eigenvalue weighted by molar-refractivity contribution is -0.274. The molecule has 2 aromatic carbocycles. The van der Waals surface area contributed by atoms with Gasteiger partial charge in [0.2, 0.25) is 0 Å². The van der Waals surface area contributed by atoms with Gasteiger partial charge in [-0.2, -0.15) is 0 Å². The number of phenols is 1. The summed E-state index contributed by atoms with van der Waals surface area (Å²) in [6.45, 7) is 0. The highest BCUT2D eigenvalue weighted by atomic mass is 19.4. The van der Waals surface area contributed by atoms with Crippen LogP contribution in [0.15, 0.2) is 42.5 Å². The first-order valence-corrected chi connectivity index (χ1v) is 5.53. The Kier molecular flexibility index (Phi) is 3.65. The maximum absolute atomic E-state index is 12.2. The second-order valence-corrected chi connectivity index (χ2v) is 3.97. The summed E-state index contributed by atoms with van der Waals surface area (Å²) in [4.78, 5) is 10.9. The fourth-order valence-electron chi connectivity index (χ4n) is 1.79. The Balaban J connectivity index is 2.49. The van der Waals surface area contributed by atoms with Crippen molar-refractivity contribution in [2.75, 3.05) is 0 Å². The van der Waals surface area contributed by atoms with Crippen molar-refractivity contribution in [3.63, 3.8) is 0 Å². The van der Waals surface area contributed by atoms with E-state index in [1.54, 1.807) is 18.2 Å². The number of halogens is 3. The molecule has 0 aliphatic carbocycles. The van der Waals surface area contributed by atoms with Crippen molar-refractivity contribution in [1.29, 1.82) is 0 Å². The molecule has 0 heterocycles. The fraction of sp³-hybridized carbons (Fsp3) is 0.0714. The van der Waals surface area contributed by atoms with Crippen LogP contribution in [0.3, 0.4) is 0 Å². The highest BCUT2D eigenvalue weighted by molar-refractivity contribution is 5.88. The van der Waals surface area contributed by atoms with E-state index in [1.165, 1.54) is 12.1 Å². The van der Waals surface area contributed by atoms with Crippen molar-refractivity contribution in [1.82, 2.24) is 0 Å². The molecule has 0 aliphatic heterocycles. The van der Waals surface area contributed by atoms with Gasteiger partial charge in [-0.25, -0.2) is 0 Å². The zero-order valence-corrected chi connectivity index (χ0v) is 10.0. The van der Waals surface area contributed by atoms with Gasteiger partial charge in [0, 0.05) is 11.6 Å². The lowest BCUT2D eigenvalue weighted by Gasteiger charge is -2.11. The van der Waals surface area contributed by atoms with E-state index in [0.29, 0.717) is 17.4 Å². The third kappa shape index (κ3) is 3.28. The van der Waals surface area contributed by atoms with Gasteiger partial charge in [0.15, 0.2) is 6.29 Å². The van der Waals surface area contributed by atoms with E-state index in [9.17, 15) is 23.1 Å². The quantitative estimate of drug-likeness (QED) is 0.872. The van der Waals surface area contributed by atoms with E-state index < -0.39 is 12.1 Å². The Morgan fingerprint density at radius 3 is 2.45 bits per heavy atom. The van der Waals surface area contributed by atoms with Crippen LogP contribution >= 0.6 is 0 Å². The summed E-state index contributed by atoms with van der Waals surface area (Å²) in [5.74, 6) is -0.935. The van der Waals surface area contributed by atoms with Crippen LogP contribution in [0.25, 0.3) is 11.1 Å². The Bertz CT molecular complexity index is 636. The number of carbonyl (C=O) groups is 1. The molecule has 0 saturated carbocycles. The van der Waals surface area contributed by atoms with Gasteiger partial charge in [-0.05, 0) is 23.3 Å². The molecule has 0 aliphatic rings. The van der Waals surface area contributed by atoms with E-state index in [4.69, 9.17) is 0 Å². The van der Waals surface area contributed by atoms with Gasteiger partial charge in [0.05, 0.1) is 0 Å². The molecule has 0 unspecified atom stereocenters. The van der Waals surface area contributed by atoms with Crippen molar-refractivity contribution in [3.8, 4) is 22.6 Å². The maximum atomic E-state index is 12.2. The van der Waals surface area contributed by atoms with Crippen LogP contribution < -0.4 is 4.74 Å². The molecule has 0 saturated heterocycles. The molecule has 104 valence electrons. The van der Waals surface area contributed by atoms with Gasteiger partial charge in [-0.15, -0.1) is 13.2 Å². The topological polar surface area (TPSA) is 46.5 Å². The van der Waals surface area contributed by atoms with Gasteiger partial charge >= 0.3 is 6.36 Å². The van der Waals surface area contributed by atoms with Gasteiger partial charge in [-0.1, -0.05) is 24.3 Å². The number of ether oxygens (including phenoxy) is 1. The summed E-state index contributed by atoms with van der Waals surface area (Å²) in [5, 5.41) is 9.48. The van der Waals surface area contributed by atoms with Crippen molar-refractivity contribution in [3.05, 3.63) is 48.0 Å². The van der Waals surface area contributed by atoms with Gasteiger partial charge in [-0.3, -0.25) is 4.79 Å². The summed E-state index contributed by atoms with van der Waals surface area (Å²) in [7, 11) is 0. The molecule has 0 fully saturated rings. The molecule has 3 nitrogen and oxygen atoms in total. The van der Waals surface area contributed by atoms with E-state index in [2.05, 4.69) is 4.74 Å². The van der Waals surface area contributed by atoms with Crippen molar-refractivity contribution < 1.29 is 27.8 Å². The molecule has 0 amide bonds. The van der Waals surface area contributed by atoms with E-state index in [0.717, 1.165) is 12.1 Å². The van der Waals surface area contributed by atoms with Crippen LogP contribution in [0.4, 0.5) is 13.2 Å². The third-order valence-corrected chi connectivity index (χ3v) is 2.52. The van der Waals surface area contributed by atoms with E-state index >= 15 is 0 Å². The molecular formula is C14H9F3O3. The van der Waals surface area contributed by atoms with Gasteiger partial charge < -0.3 is 9.84 Å². The van der Waals surface area contributed by atoms with Crippen molar-refractivity contribution >= 4 is 6.29 Å². The Labute approximate surface area is 112 Å². The average Bonchev–Trinajstić information content (AvgIpc) is 2.36. The predicted octanol–water partition coefficient (Wildman–Crippen LogP) is 3.77. The highest BCUT2D eigenvalue weighted by Crippen LogP contribution is 2.33. The molecule has 20 heavy (non-hydrogen) atoms. The standard InChI is InChI=1S/C14H9F3O3/c15-14(16,17)20-12-6-10(5-11(19)7-12)13-4-2-1-3-9(13)8-18/h1-8,19H. The number of hydrogen-bond acceptors (Lipinski definition) is 3. The maximum Gasteiger partial charge on any atom is 0.573 e. The van der Waals surface area contributed by atoms with Crippen LogP contribution in [0.5, 0.6) is 11.5 Å². The number of aromatic hydroxyl groups is 1. The molecule has 0 atom stereocenters. The largest absolute Gasteiger partial charge is 0.573 e. The number of carbonyl (C=O) groups excluding carboxylic acids is 1. The molecule has 2 aromatic rings. The lowest BCUT2D eigenvalue weighted by Crippen LogP contribution is -2.17. The number of hydrogen-bond donors (Lipinski definition) is 1. The lowest BCUT2D eigenvalue weighted by atomic mass is 10.00. The minimum absolute atomic E-state index is 0.256. The Morgan fingerprint density at radius 2 is 1.80 bits per heavy atom. The number of benzene rings is 2. The zero-order chi connectivity index (χ0) is 14.8. The van der Waals surface area contributed by atoms with Crippen LogP contribution in [0, 0.1) is 0 Å². The zero-order valence-electron chi connectivity index (χ0n) is 10.0. The monoisotopic (exact) mass is 282 g/mol. The Morgan fingerprint density at radius 1 is 1.10 bits per heavy atom. The van der Waals surface area contributed by atoms with E-state index in [-0.39, 0.29) is 11.3 Å². The van der Waals surface area contributed by atoms with Gasteiger partial charge in [0.1, 0.15) is 11.5 Å². The number of rotatable bonds is 3. The predicted molar refractivity (Wildman–Crippen MR) is 65.6 cm³/mol. The smallest absolute Gasteiger partial charge is 0.508 e. The minimum atomic E-state index is -4.85. The van der Waals surface area contributed by atoms with Gasteiger partial charge in [0.25, 0.3) is 0 Å². The second-order valence-electron chi connectivity index (χ2n) is 3.97. The first-order chi connectivity index (χ1) is 9.39. The molecule has 0 radical (unpaired) electrons. The molecule has 0 bridgehead atoms. The molecular weight excluding hydrogens is 273 g/mol. The molecule has 2 rings (SSSR count). The summed E-state index contributed by atoms with van der Waals surface area (Å²) < 4.78 is 40.3. The summed E-state index contributed by atoms with van der Waals surface area (Å²) >= 11 is 0. The van der Waals surface area contributed by atoms with Crippen LogP contribution in [-0.2, 0) is 0 Å². The number of aldehydes is 1. The second kappa shape index (κ2) is 5.24. The van der Waals surface area contributed by atoms with Crippen LogP contribution in [0.1, 0.15) is 10.4 Å². The number of phenolic OH excluding ortho intramolecular Hbond substituents is 1. The third-order valence-electron chi connectivity index (χ3n) is 2.52. The summed E-state index contributed by atoms with van der Waals surface area (Å²) in [6, 6.07) is 9.56. The summed E-state index contributed by atoms with van der Waals surface area (Å²) in [6.07, 6.45) is -4.26. The highest BCUT2D eigenvalue weighted by Gasteiger charge is 2.31. The summed E-state index contributed by atoms with van der Waals surface area (Å²) in [5.41, 5.74) is 0.966.